The van der Waals surface area contributed by atoms with Gasteiger partial charge in [0.25, 0.3) is 0 Å². The first kappa shape index (κ1) is 18.8. The van der Waals surface area contributed by atoms with Crippen molar-refractivity contribution in [1.82, 2.24) is 4.90 Å². The van der Waals surface area contributed by atoms with Gasteiger partial charge in [0, 0.05) is 37.7 Å². The van der Waals surface area contributed by atoms with Crippen LogP contribution in [0, 0.1) is 11.8 Å². The lowest BCUT2D eigenvalue weighted by Gasteiger charge is -2.37. The number of rotatable bonds is 4. The number of halogens is 3. The summed E-state index contributed by atoms with van der Waals surface area (Å²) >= 11 is 0. The first-order chi connectivity index (χ1) is 12.3. The van der Waals surface area contributed by atoms with Crippen LogP contribution in [0.25, 0.3) is 0 Å². The molecule has 2 aliphatic rings. The number of hydrogen-bond donors (Lipinski definition) is 1. The Bertz CT molecular complexity index is 652. The number of alkyl halides is 3. The van der Waals surface area contributed by atoms with E-state index in [2.05, 4.69) is 5.32 Å². The molecule has 26 heavy (non-hydrogen) atoms. The van der Waals surface area contributed by atoms with E-state index in [-0.39, 0.29) is 42.0 Å². The van der Waals surface area contributed by atoms with Crippen LogP contribution in [-0.4, -0.2) is 43.8 Å². The molecule has 5 nitrogen and oxygen atoms in total. The molecule has 2 bridgehead atoms. The molecule has 1 N–H and O–H groups in total. The van der Waals surface area contributed by atoms with Crippen molar-refractivity contribution >= 4 is 11.7 Å². The summed E-state index contributed by atoms with van der Waals surface area (Å²) in [5.74, 6) is 0.336. The van der Waals surface area contributed by atoms with Gasteiger partial charge in [0.05, 0.1) is 18.3 Å². The topological polar surface area (TPSA) is 50.8 Å². The van der Waals surface area contributed by atoms with Crippen molar-refractivity contribution in [3.05, 3.63) is 23.8 Å². The SMILES string of the molecule is CCOc1ccc(NC(=O)N2C[C@H]3CC[C@@H](C2)C3OC)cc1C(F)(F)F. The third-order valence-electron chi connectivity index (χ3n) is 5.14. The van der Waals surface area contributed by atoms with E-state index in [9.17, 15) is 18.0 Å². The second-order valence-corrected chi connectivity index (χ2v) is 6.77. The largest absolute Gasteiger partial charge is 0.493 e. The van der Waals surface area contributed by atoms with Crippen LogP contribution in [0.5, 0.6) is 5.75 Å². The first-order valence-electron chi connectivity index (χ1n) is 8.76. The van der Waals surface area contributed by atoms with Crippen molar-refractivity contribution in [3.8, 4) is 5.75 Å². The summed E-state index contributed by atoms with van der Waals surface area (Å²) < 4.78 is 50.2. The van der Waals surface area contributed by atoms with Gasteiger partial charge in [-0.2, -0.15) is 13.2 Å². The van der Waals surface area contributed by atoms with E-state index in [1.165, 1.54) is 12.1 Å². The van der Waals surface area contributed by atoms with Crippen molar-refractivity contribution in [2.45, 2.75) is 32.0 Å². The van der Waals surface area contributed by atoms with Crippen LogP contribution in [0.1, 0.15) is 25.3 Å². The number of nitrogens with one attached hydrogen (secondary N) is 1. The van der Waals surface area contributed by atoms with Gasteiger partial charge in [0.1, 0.15) is 5.75 Å². The third-order valence-corrected chi connectivity index (χ3v) is 5.14. The smallest absolute Gasteiger partial charge is 0.420 e. The molecule has 3 rings (SSSR count). The van der Waals surface area contributed by atoms with Crippen LogP contribution in [0.2, 0.25) is 0 Å². The van der Waals surface area contributed by atoms with Crippen LogP contribution < -0.4 is 10.1 Å². The molecule has 3 atom stereocenters. The minimum atomic E-state index is -4.55. The number of piperidine rings is 1. The molecule has 0 aromatic heterocycles. The molecule has 1 aromatic rings. The maximum atomic E-state index is 13.2. The standard InChI is InChI=1S/C18H23F3N2O3/c1-3-26-15-7-6-13(8-14(15)18(19,20)21)22-17(24)23-9-11-4-5-12(10-23)16(11)25-2/h6-8,11-12,16H,3-5,9-10H2,1-2H3,(H,22,24)/t11-,12+,16?. The van der Waals surface area contributed by atoms with E-state index in [0.29, 0.717) is 13.1 Å². The van der Waals surface area contributed by atoms with Crippen LogP contribution in [-0.2, 0) is 10.9 Å². The van der Waals surface area contributed by atoms with Crippen LogP contribution in [0.3, 0.4) is 0 Å². The number of benzene rings is 1. The predicted molar refractivity (Wildman–Crippen MR) is 90.2 cm³/mol. The zero-order valence-electron chi connectivity index (χ0n) is 14.8. The van der Waals surface area contributed by atoms with Gasteiger partial charge in [0.2, 0.25) is 0 Å². The Morgan fingerprint density at radius 1 is 1.27 bits per heavy atom. The number of anilines is 1. The molecule has 1 saturated carbocycles. The molecule has 2 amide bonds. The normalized spacial score (nSPS) is 25.3. The van der Waals surface area contributed by atoms with Gasteiger partial charge in [0.15, 0.2) is 0 Å². The number of nitrogens with zero attached hydrogens (tertiary/aromatic N) is 1. The second-order valence-electron chi connectivity index (χ2n) is 6.77. The van der Waals surface area contributed by atoms with Crippen LogP contribution >= 0.6 is 0 Å². The van der Waals surface area contributed by atoms with Gasteiger partial charge in [-0.05, 0) is 38.0 Å². The second kappa shape index (κ2) is 7.34. The lowest BCUT2D eigenvalue weighted by atomic mass is 9.95. The number of likely N-dealkylation sites (tertiary alicyclic amines) is 1. The van der Waals surface area contributed by atoms with E-state index in [1.807, 2.05) is 0 Å². The van der Waals surface area contributed by atoms with Gasteiger partial charge in [-0.15, -0.1) is 0 Å². The molecular weight excluding hydrogens is 349 g/mol. The van der Waals surface area contributed by atoms with E-state index in [0.717, 1.165) is 18.9 Å². The molecule has 1 unspecified atom stereocenters. The highest BCUT2D eigenvalue weighted by Gasteiger charge is 2.43. The molecule has 1 aliphatic heterocycles. The molecule has 1 heterocycles. The molecule has 1 aliphatic carbocycles. The predicted octanol–water partition coefficient (Wildman–Crippen LogP) is 3.99. The van der Waals surface area contributed by atoms with Crippen LogP contribution in [0.15, 0.2) is 18.2 Å². The van der Waals surface area contributed by atoms with Crippen molar-refractivity contribution in [2.75, 3.05) is 32.1 Å². The van der Waals surface area contributed by atoms with Gasteiger partial charge in [-0.3, -0.25) is 0 Å². The lowest BCUT2D eigenvalue weighted by Crippen LogP contribution is -2.49. The Labute approximate surface area is 150 Å². The van der Waals surface area contributed by atoms with Crippen molar-refractivity contribution < 1.29 is 27.4 Å². The lowest BCUT2D eigenvalue weighted by molar-refractivity contribution is -0.138. The van der Waals surface area contributed by atoms with Crippen LogP contribution in [0.4, 0.5) is 23.7 Å². The average molecular weight is 372 g/mol. The van der Waals surface area contributed by atoms with E-state index in [1.54, 1.807) is 18.9 Å². The summed E-state index contributed by atoms with van der Waals surface area (Å²) in [6.45, 7) is 2.87. The number of fused-ring (bicyclic) bond motifs is 2. The summed E-state index contributed by atoms with van der Waals surface area (Å²) in [5, 5.41) is 2.59. The minimum absolute atomic E-state index is 0.104. The van der Waals surface area contributed by atoms with E-state index in [4.69, 9.17) is 9.47 Å². The third kappa shape index (κ3) is 3.75. The summed E-state index contributed by atoms with van der Waals surface area (Å²) in [7, 11) is 1.68. The van der Waals surface area contributed by atoms with Crippen molar-refractivity contribution in [2.24, 2.45) is 11.8 Å². The number of hydrogen-bond acceptors (Lipinski definition) is 3. The average Bonchev–Trinajstić information content (AvgIpc) is 2.83. The Morgan fingerprint density at radius 2 is 1.92 bits per heavy atom. The number of urea groups is 1. The fraction of sp³-hybridized carbons (Fsp3) is 0.611. The molecular formula is C18H23F3N2O3. The van der Waals surface area contributed by atoms with Gasteiger partial charge < -0.3 is 19.7 Å². The molecule has 144 valence electrons. The fourth-order valence-electron chi connectivity index (χ4n) is 4.04. The van der Waals surface area contributed by atoms with E-state index >= 15 is 0 Å². The molecule has 8 heteroatoms. The maximum Gasteiger partial charge on any atom is 0.420 e. The van der Waals surface area contributed by atoms with E-state index < -0.39 is 11.7 Å². The molecule has 0 spiro atoms. The maximum absolute atomic E-state index is 13.2. The minimum Gasteiger partial charge on any atom is -0.493 e. The Kier molecular flexibility index (Phi) is 5.32. The number of methoxy groups -OCH3 is 1. The van der Waals surface area contributed by atoms with Gasteiger partial charge in [-0.25, -0.2) is 4.79 Å². The Balaban J connectivity index is 1.72. The Hall–Kier alpha value is -1.96. The highest BCUT2D eigenvalue weighted by molar-refractivity contribution is 5.89. The molecule has 0 radical (unpaired) electrons. The molecule has 1 saturated heterocycles. The monoisotopic (exact) mass is 372 g/mol. The quantitative estimate of drug-likeness (QED) is 0.869. The molecule has 1 aromatic carbocycles. The summed E-state index contributed by atoms with van der Waals surface area (Å²) in [4.78, 5) is 14.2. The number of carbonyl (C=O) groups is 1. The molecule has 2 fully saturated rings. The van der Waals surface area contributed by atoms with Gasteiger partial charge in [-0.1, -0.05) is 0 Å². The zero-order valence-corrected chi connectivity index (χ0v) is 14.8. The first-order valence-corrected chi connectivity index (χ1v) is 8.76. The fourth-order valence-corrected chi connectivity index (χ4v) is 4.04. The zero-order chi connectivity index (χ0) is 18.9. The van der Waals surface area contributed by atoms with Gasteiger partial charge >= 0.3 is 12.2 Å². The number of ether oxygens (including phenoxy) is 2. The highest BCUT2D eigenvalue weighted by Crippen LogP contribution is 2.40. The summed E-state index contributed by atoms with van der Waals surface area (Å²) in [5.41, 5.74) is -0.790. The number of carbonyl (C=O) groups excluding carboxylic acids is 1. The Morgan fingerprint density at radius 3 is 2.46 bits per heavy atom. The summed E-state index contributed by atoms with van der Waals surface area (Å²) in [6.07, 6.45) is -2.37. The highest BCUT2D eigenvalue weighted by atomic mass is 19.4. The van der Waals surface area contributed by atoms with Crippen molar-refractivity contribution in [3.63, 3.8) is 0 Å². The van der Waals surface area contributed by atoms with Crippen molar-refractivity contribution in [1.29, 1.82) is 0 Å². The number of amides is 2. The summed E-state index contributed by atoms with van der Waals surface area (Å²) in [6, 6.07) is 3.20.